The van der Waals surface area contributed by atoms with Crippen molar-refractivity contribution < 1.29 is 49.4 Å². The van der Waals surface area contributed by atoms with Crippen molar-refractivity contribution in [3.05, 3.63) is 81.6 Å². The predicted molar refractivity (Wildman–Crippen MR) is 127 cm³/mol. The number of sulfonamides is 1. The normalized spacial score (nSPS) is 12.7. The number of alkyl halides is 3. The van der Waals surface area contributed by atoms with Gasteiger partial charge in [-0.3, -0.25) is 0 Å². The Morgan fingerprint density at radius 3 is 2.33 bits per heavy atom. The number of carboxylic acid groups (broad SMARTS) is 1. The van der Waals surface area contributed by atoms with Crippen LogP contribution < -0.4 is 9.46 Å². The fourth-order valence-electron chi connectivity index (χ4n) is 3.31. The van der Waals surface area contributed by atoms with E-state index in [1.165, 1.54) is 6.07 Å². The van der Waals surface area contributed by atoms with Crippen LogP contribution in [0, 0.1) is 36.2 Å². The fourth-order valence-corrected chi connectivity index (χ4v) is 5.54. The van der Waals surface area contributed by atoms with E-state index in [1.54, 1.807) is 4.72 Å². The third kappa shape index (κ3) is 5.72. The summed E-state index contributed by atoms with van der Waals surface area (Å²) < 4.78 is 113. The number of aromatic amines is 1. The highest BCUT2D eigenvalue weighted by atomic mass is 32.2. The van der Waals surface area contributed by atoms with E-state index < -0.39 is 73.6 Å². The lowest BCUT2D eigenvalue weighted by atomic mass is 10.1. The van der Waals surface area contributed by atoms with Crippen LogP contribution >= 0.6 is 11.3 Å². The molecule has 0 bridgehead atoms. The highest BCUT2D eigenvalue weighted by Crippen LogP contribution is 2.34. The van der Waals surface area contributed by atoms with E-state index in [0.29, 0.717) is 11.3 Å². The Balaban J connectivity index is 1.55. The molecule has 2 aromatic carbocycles. The SMILES string of the molecule is Cc1c(F)c(F)c2[nH]cc(OC(NS(=O)(=O)c3ccc(C#Cc4ccc(C(F)(F)F)cc4)s3)C(=O)O)c2c1F. The average Bonchev–Trinajstić information content (AvgIpc) is 3.52. The molecule has 0 amide bonds. The molecular weight excluding hydrogens is 574 g/mol. The quantitative estimate of drug-likeness (QED) is 0.125. The number of halogens is 6. The number of carbonyl (C=O) groups is 1. The van der Waals surface area contributed by atoms with Crippen molar-refractivity contribution >= 4 is 38.2 Å². The molecule has 0 spiro atoms. The third-order valence-electron chi connectivity index (χ3n) is 5.25. The summed E-state index contributed by atoms with van der Waals surface area (Å²) in [4.78, 5) is 14.1. The molecule has 0 fully saturated rings. The third-order valence-corrected chi connectivity index (χ3v) is 8.15. The van der Waals surface area contributed by atoms with Gasteiger partial charge in [0.1, 0.15) is 10.0 Å². The fraction of sp³-hybridized carbons (Fsp3) is 0.125. The number of hydrogen-bond acceptors (Lipinski definition) is 5. The summed E-state index contributed by atoms with van der Waals surface area (Å²) >= 11 is 0.629. The van der Waals surface area contributed by atoms with E-state index in [-0.39, 0.29) is 14.6 Å². The van der Waals surface area contributed by atoms with Gasteiger partial charge in [-0.05, 0) is 43.3 Å². The minimum Gasteiger partial charge on any atom is -0.477 e. The van der Waals surface area contributed by atoms with Crippen LogP contribution in [0.5, 0.6) is 5.75 Å². The van der Waals surface area contributed by atoms with Crippen LogP contribution in [0.1, 0.15) is 21.6 Å². The largest absolute Gasteiger partial charge is 0.477 e. The van der Waals surface area contributed by atoms with Crippen molar-refractivity contribution in [2.45, 2.75) is 23.5 Å². The van der Waals surface area contributed by atoms with Crippen LogP contribution in [0.4, 0.5) is 26.3 Å². The summed E-state index contributed by atoms with van der Waals surface area (Å²) in [5.41, 5.74) is -1.97. The maximum absolute atomic E-state index is 14.6. The number of hydrogen-bond donors (Lipinski definition) is 3. The summed E-state index contributed by atoms with van der Waals surface area (Å²) in [6, 6.07) is 6.38. The van der Waals surface area contributed by atoms with E-state index in [2.05, 4.69) is 16.8 Å². The molecule has 0 saturated carbocycles. The summed E-state index contributed by atoms with van der Waals surface area (Å²) in [5, 5.41) is 8.87. The second kappa shape index (κ2) is 10.3. The molecule has 1 unspecified atom stereocenters. The standard InChI is InChI=1S/C24H14F6N2O5S2/c1-11-18(25)17-15(10-31-21(17)20(27)19(11)26)37-22(23(33)34)32-39(35,36)16-9-8-14(38-16)7-4-12-2-5-13(6-3-12)24(28,29)30/h2-3,5-6,8-10,22,31-32H,1H3,(H,33,34). The van der Waals surface area contributed by atoms with Gasteiger partial charge in [0.15, 0.2) is 17.4 Å². The van der Waals surface area contributed by atoms with Crippen molar-refractivity contribution in [2.75, 3.05) is 0 Å². The van der Waals surface area contributed by atoms with Gasteiger partial charge in [-0.15, -0.1) is 11.3 Å². The topological polar surface area (TPSA) is 108 Å². The summed E-state index contributed by atoms with van der Waals surface area (Å²) in [6.45, 7) is 0.955. The van der Waals surface area contributed by atoms with Crippen molar-refractivity contribution in [2.24, 2.45) is 0 Å². The molecule has 39 heavy (non-hydrogen) atoms. The van der Waals surface area contributed by atoms with E-state index in [0.717, 1.165) is 43.5 Å². The highest BCUT2D eigenvalue weighted by molar-refractivity contribution is 7.91. The number of ether oxygens (including phenoxy) is 1. The summed E-state index contributed by atoms with van der Waals surface area (Å²) in [5.74, 6) is -1.35. The van der Waals surface area contributed by atoms with E-state index in [9.17, 15) is 44.7 Å². The number of rotatable bonds is 6. The maximum atomic E-state index is 14.6. The maximum Gasteiger partial charge on any atom is 0.416 e. The summed E-state index contributed by atoms with van der Waals surface area (Å²) in [6.07, 6.45) is -5.96. The molecular formula is C24H14F6N2O5S2. The molecule has 2 aromatic heterocycles. The Labute approximate surface area is 220 Å². The van der Waals surface area contributed by atoms with Gasteiger partial charge in [-0.2, -0.15) is 17.9 Å². The lowest BCUT2D eigenvalue weighted by Crippen LogP contribution is -2.44. The Morgan fingerprint density at radius 2 is 1.72 bits per heavy atom. The van der Waals surface area contributed by atoms with Crippen molar-refractivity contribution in [3.8, 4) is 17.6 Å². The summed E-state index contributed by atoms with van der Waals surface area (Å²) in [7, 11) is -4.55. The molecule has 204 valence electrons. The Morgan fingerprint density at radius 1 is 1.05 bits per heavy atom. The van der Waals surface area contributed by atoms with E-state index >= 15 is 0 Å². The smallest absolute Gasteiger partial charge is 0.416 e. The Bertz CT molecular complexity index is 1750. The number of benzene rings is 2. The first-order valence-electron chi connectivity index (χ1n) is 10.5. The zero-order valence-electron chi connectivity index (χ0n) is 19.3. The number of aliphatic carboxylic acids is 1. The molecule has 2 heterocycles. The Hall–Kier alpha value is -4.00. The molecule has 1 atom stereocenters. The molecule has 4 rings (SSSR count). The average molecular weight is 589 g/mol. The van der Waals surface area contributed by atoms with E-state index in [4.69, 9.17) is 4.74 Å². The minimum absolute atomic E-state index is 0.190. The Kier molecular flexibility index (Phi) is 7.39. The molecule has 3 N–H and O–H groups in total. The number of H-pyrrole nitrogens is 1. The second-order valence-corrected chi connectivity index (χ2v) is 10.9. The van der Waals surface area contributed by atoms with Crippen LogP contribution in [0.3, 0.4) is 0 Å². The van der Waals surface area contributed by atoms with Crippen LogP contribution in [-0.4, -0.2) is 30.7 Å². The van der Waals surface area contributed by atoms with E-state index in [1.807, 2.05) is 0 Å². The lowest BCUT2D eigenvalue weighted by molar-refractivity contribution is -0.145. The van der Waals surface area contributed by atoms with Crippen molar-refractivity contribution in [1.82, 2.24) is 9.71 Å². The van der Waals surface area contributed by atoms with Gasteiger partial charge in [0.25, 0.3) is 16.3 Å². The van der Waals surface area contributed by atoms with Crippen molar-refractivity contribution in [3.63, 3.8) is 0 Å². The van der Waals surface area contributed by atoms with Gasteiger partial charge >= 0.3 is 12.1 Å². The molecule has 0 saturated heterocycles. The molecule has 0 aliphatic heterocycles. The van der Waals surface area contributed by atoms with Gasteiger partial charge < -0.3 is 14.8 Å². The first-order valence-corrected chi connectivity index (χ1v) is 12.8. The first kappa shape index (κ1) is 28.0. The lowest BCUT2D eigenvalue weighted by Gasteiger charge is -2.16. The second-order valence-electron chi connectivity index (χ2n) is 7.87. The molecule has 4 aromatic rings. The number of carboxylic acids is 1. The van der Waals surface area contributed by atoms with Gasteiger partial charge in [-0.25, -0.2) is 26.4 Å². The number of thiophene rings is 1. The van der Waals surface area contributed by atoms with Gasteiger partial charge in [0.2, 0.25) is 0 Å². The molecule has 0 aliphatic rings. The molecule has 0 aliphatic carbocycles. The van der Waals surface area contributed by atoms with Gasteiger partial charge in [-0.1, -0.05) is 11.8 Å². The first-order chi connectivity index (χ1) is 18.2. The monoisotopic (exact) mass is 588 g/mol. The van der Waals surface area contributed by atoms with Gasteiger partial charge in [0, 0.05) is 17.3 Å². The zero-order chi connectivity index (χ0) is 28.7. The number of aromatic nitrogens is 1. The van der Waals surface area contributed by atoms with Gasteiger partial charge in [0.05, 0.1) is 21.3 Å². The van der Waals surface area contributed by atoms with Crippen LogP contribution in [0.2, 0.25) is 0 Å². The van der Waals surface area contributed by atoms with Crippen LogP contribution in [0.15, 0.2) is 46.8 Å². The van der Waals surface area contributed by atoms with Crippen LogP contribution in [0.25, 0.3) is 10.9 Å². The number of nitrogens with one attached hydrogen (secondary N) is 2. The minimum atomic E-state index is -4.55. The highest BCUT2D eigenvalue weighted by Gasteiger charge is 2.31. The van der Waals surface area contributed by atoms with Crippen molar-refractivity contribution in [1.29, 1.82) is 0 Å². The predicted octanol–water partition coefficient (Wildman–Crippen LogP) is 5.14. The molecule has 7 nitrogen and oxygen atoms in total. The van der Waals surface area contributed by atoms with Crippen LogP contribution in [-0.2, 0) is 21.0 Å². The molecule has 15 heteroatoms. The molecule has 0 radical (unpaired) electrons. The zero-order valence-corrected chi connectivity index (χ0v) is 20.9. The number of fused-ring (bicyclic) bond motifs is 1.